The molecule has 0 unspecified atom stereocenters. The molecule has 4 aromatic heterocycles. The first kappa shape index (κ1) is 37.9. The molecule has 5 aliphatic rings. The van der Waals surface area contributed by atoms with Gasteiger partial charge >= 0.3 is 12.1 Å². The number of nitrogens with one attached hydrogen (secondary N) is 3. The van der Waals surface area contributed by atoms with Crippen molar-refractivity contribution in [3.05, 3.63) is 61.9 Å². The Morgan fingerprint density at radius 1 is 0.789 bits per heavy atom. The van der Waals surface area contributed by atoms with Gasteiger partial charge in [0.25, 0.3) is 0 Å². The van der Waals surface area contributed by atoms with Crippen LogP contribution in [-0.4, -0.2) is 130 Å². The Bertz CT molecular complexity index is 2350. The van der Waals surface area contributed by atoms with E-state index in [4.69, 9.17) is 16.3 Å². The molecule has 9 heterocycles. The maximum Gasteiger partial charge on any atom is 0.317 e. The van der Waals surface area contributed by atoms with Crippen molar-refractivity contribution in [3.8, 4) is 5.75 Å². The summed E-state index contributed by atoms with van der Waals surface area (Å²) in [4.78, 5) is 58.7. The Kier molecular flexibility index (Phi) is 11.1. The second-order valence-electron chi connectivity index (χ2n) is 14.8. The van der Waals surface area contributed by atoms with E-state index in [0.29, 0.717) is 11.7 Å². The van der Waals surface area contributed by atoms with Gasteiger partial charge in [-0.25, -0.2) is 29.5 Å². The lowest BCUT2D eigenvalue weighted by molar-refractivity contribution is 0.207. The summed E-state index contributed by atoms with van der Waals surface area (Å²) < 4.78 is 5.65. The van der Waals surface area contributed by atoms with Crippen LogP contribution >= 0.6 is 34.3 Å². The highest BCUT2D eigenvalue weighted by molar-refractivity contribution is 7.19. The second kappa shape index (κ2) is 16.7. The maximum absolute atomic E-state index is 11.7. The van der Waals surface area contributed by atoms with Gasteiger partial charge in [-0.3, -0.25) is 14.8 Å². The van der Waals surface area contributed by atoms with E-state index in [9.17, 15) is 9.59 Å². The minimum Gasteiger partial charge on any atom is -0.495 e. The number of methoxy groups -OCH3 is 1. The Hall–Kier alpha value is -4.68. The number of ether oxygens (including phenoxy) is 1. The van der Waals surface area contributed by atoms with E-state index in [-0.39, 0.29) is 12.1 Å². The number of urea groups is 2. The van der Waals surface area contributed by atoms with Crippen molar-refractivity contribution in [2.75, 3.05) is 77.9 Å². The SMILES string of the molecule is COc1cc2c(cc1Nc1ncnc3sc4c(c13)CCN(CCCN1CCNC1=O)C4)C=NC2.O=C1NCCN1CCCN1CCc2c(sc3ncnc(Cl)c23)C1. The molecular weight excluding hydrogens is 784 g/mol. The number of hydrogen-bond donors (Lipinski definition) is 3. The molecule has 3 N–H and O–H groups in total. The molecule has 10 rings (SSSR count). The highest BCUT2D eigenvalue weighted by Crippen LogP contribution is 2.40. The van der Waals surface area contributed by atoms with Crippen molar-refractivity contribution < 1.29 is 14.3 Å². The first-order valence-electron chi connectivity index (χ1n) is 19.6. The van der Waals surface area contributed by atoms with E-state index in [0.717, 1.165) is 147 Å². The fourth-order valence-electron chi connectivity index (χ4n) is 8.35. The fourth-order valence-corrected chi connectivity index (χ4v) is 11.1. The molecule has 2 fully saturated rings. The van der Waals surface area contributed by atoms with Crippen LogP contribution in [0.1, 0.15) is 44.8 Å². The summed E-state index contributed by atoms with van der Waals surface area (Å²) in [7, 11) is 1.69. The number of anilines is 2. The third kappa shape index (κ3) is 7.95. The van der Waals surface area contributed by atoms with Gasteiger partial charge < -0.3 is 30.5 Å². The third-order valence-corrected chi connectivity index (χ3v) is 13.8. The van der Waals surface area contributed by atoms with Gasteiger partial charge in [-0.1, -0.05) is 11.6 Å². The van der Waals surface area contributed by atoms with E-state index < -0.39 is 0 Å². The standard InChI is InChI=1S/C24H27N7O2S.C15H18ClN5OS/c1-33-19-10-16-12-25-11-15(16)9-18(19)29-22-21-17-3-7-30(5-2-6-31-8-4-26-24(31)32)13-20(17)34-23(21)28-14-27-22;16-13-12-10-2-6-20(4-1-5-21-7-3-17-15(21)22)8-11(10)23-14(12)19-9-18-13/h9-11,14H,2-8,12-13H2,1H3,(H,26,32)(H,27,28,29);9H,1-8H2,(H,17,22). The monoisotopic (exact) mass is 828 g/mol. The van der Waals surface area contributed by atoms with E-state index in [2.05, 4.69) is 62.8 Å². The van der Waals surface area contributed by atoms with E-state index >= 15 is 0 Å². The number of hydrogen-bond acceptors (Lipinski definition) is 13. The number of benzene rings is 1. The van der Waals surface area contributed by atoms with Gasteiger partial charge in [0, 0.05) is 94.5 Å². The maximum atomic E-state index is 11.7. The first-order valence-corrected chi connectivity index (χ1v) is 21.6. The van der Waals surface area contributed by atoms with Crippen LogP contribution in [0, 0.1) is 0 Å². The molecule has 0 spiro atoms. The summed E-state index contributed by atoms with van der Waals surface area (Å²) in [6, 6.07) is 4.27. The second-order valence-corrected chi connectivity index (χ2v) is 17.3. The molecular formula is C39H45ClN12O3S2. The van der Waals surface area contributed by atoms with Crippen molar-refractivity contribution in [1.82, 2.24) is 50.2 Å². The number of aromatic nitrogens is 4. The molecule has 1 aromatic carbocycles. The molecule has 18 heteroatoms. The summed E-state index contributed by atoms with van der Waals surface area (Å²) >= 11 is 9.72. The largest absolute Gasteiger partial charge is 0.495 e. The Morgan fingerprint density at radius 2 is 1.40 bits per heavy atom. The topological polar surface area (TPSA) is 156 Å². The smallest absolute Gasteiger partial charge is 0.317 e. The fraction of sp³-hybridized carbons (Fsp3) is 0.462. The Labute approximate surface area is 343 Å². The average Bonchev–Trinajstić information content (AvgIpc) is 4.06. The number of fused-ring (bicyclic) bond motifs is 7. The van der Waals surface area contributed by atoms with E-state index in [1.807, 2.05) is 16.0 Å². The molecule has 57 heavy (non-hydrogen) atoms. The number of carbonyl (C=O) groups excluding carboxylic acids is 2. The number of nitrogens with zero attached hydrogens (tertiary/aromatic N) is 9. The van der Waals surface area contributed by atoms with Crippen molar-refractivity contribution in [1.29, 1.82) is 0 Å². The molecule has 4 amide bonds. The summed E-state index contributed by atoms with van der Waals surface area (Å²) in [6.45, 7) is 11.4. The molecule has 0 aliphatic carbocycles. The van der Waals surface area contributed by atoms with Crippen LogP contribution < -0.4 is 20.7 Å². The lowest BCUT2D eigenvalue weighted by Crippen LogP contribution is -2.34. The van der Waals surface area contributed by atoms with Crippen molar-refractivity contribution in [2.45, 2.75) is 45.3 Å². The zero-order valence-electron chi connectivity index (χ0n) is 31.9. The number of aliphatic imine (C=N–C) groups is 1. The van der Waals surface area contributed by atoms with Crippen LogP contribution in [0.4, 0.5) is 21.1 Å². The Balaban J connectivity index is 0.000000160. The molecule has 0 atom stereocenters. The van der Waals surface area contributed by atoms with Crippen molar-refractivity contribution >= 4 is 84.5 Å². The zero-order chi connectivity index (χ0) is 38.9. The summed E-state index contributed by atoms with van der Waals surface area (Å²) in [5, 5.41) is 12.0. The third-order valence-electron chi connectivity index (χ3n) is 11.3. The van der Waals surface area contributed by atoms with E-state index in [1.165, 1.54) is 32.8 Å². The van der Waals surface area contributed by atoms with Crippen LogP contribution in [0.2, 0.25) is 5.15 Å². The quantitative estimate of drug-likeness (QED) is 0.150. The molecule has 0 saturated carbocycles. The predicted molar refractivity (Wildman–Crippen MR) is 225 cm³/mol. The van der Waals surface area contributed by atoms with Crippen LogP contribution in [0.15, 0.2) is 29.8 Å². The lowest BCUT2D eigenvalue weighted by Gasteiger charge is -2.27. The van der Waals surface area contributed by atoms with Gasteiger partial charge in [0.1, 0.15) is 39.0 Å². The normalized spacial score (nSPS) is 17.7. The predicted octanol–water partition coefficient (Wildman–Crippen LogP) is 5.27. The molecule has 2 saturated heterocycles. The average molecular weight is 829 g/mol. The van der Waals surface area contributed by atoms with Crippen LogP contribution in [-0.2, 0) is 32.5 Å². The molecule has 298 valence electrons. The molecule has 0 radical (unpaired) electrons. The van der Waals surface area contributed by atoms with E-state index in [1.54, 1.807) is 36.1 Å². The zero-order valence-corrected chi connectivity index (χ0v) is 34.2. The van der Waals surface area contributed by atoms with Crippen molar-refractivity contribution in [3.63, 3.8) is 0 Å². The van der Waals surface area contributed by atoms with Gasteiger partial charge in [-0.2, -0.15) is 0 Å². The highest BCUT2D eigenvalue weighted by atomic mass is 35.5. The minimum atomic E-state index is 0.0660. The number of rotatable bonds is 11. The van der Waals surface area contributed by atoms with Gasteiger partial charge in [-0.05, 0) is 60.1 Å². The minimum absolute atomic E-state index is 0.0660. The number of amides is 4. The molecule has 5 aromatic rings. The first-order chi connectivity index (χ1) is 27.9. The van der Waals surface area contributed by atoms with Crippen LogP contribution in [0.25, 0.3) is 20.4 Å². The molecule has 5 aliphatic heterocycles. The number of halogens is 1. The lowest BCUT2D eigenvalue weighted by atomic mass is 10.0. The van der Waals surface area contributed by atoms with Crippen LogP contribution in [0.3, 0.4) is 0 Å². The van der Waals surface area contributed by atoms with Crippen molar-refractivity contribution in [2.24, 2.45) is 4.99 Å². The summed E-state index contributed by atoms with van der Waals surface area (Å²) in [5.41, 5.74) is 5.85. The van der Waals surface area contributed by atoms with Gasteiger partial charge in [-0.15, -0.1) is 22.7 Å². The molecule has 0 bridgehead atoms. The van der Waals surface area contributed by atoms with Gasteiger partial charge in [0.2, 0.25) is 0 Å². The number of thiophene rings is 2. The van der Waals surface area contributed by atoms with Gasteiger partial charge in [0.05, 0.1) is 30.1 Å². The number of carbonyl (C=O) groups is 2. The highest BCUT2D eigenvalue weighted by Gasteiger charge is 2.27. The summed E-state index contributed by atoms with van der Waals surface area (Å²) in [5.74, 6) is 1.61. The summed E-state index contributed by atoms with van der Waals surface area (Å²) in [6.07, 6.45) is 9.03. The Morgan fingerprint density at radius 3 is 2.02 bits per heavy atom. The van der Waals surface area contributed by atoms with Gasteiger partial charge in [0.15, 0.2) is 0 Å². The molecule has 15 nitrogen and oxygen atoms in total. The van der Waals surface area contributed by atoms with Crippen LogP contribution in [0.5, 0.6) is 5.75 Å².